The second-order valence-electron chi connectivity index (χ2n) is 3.64. The number of halogens is 2. The van der Waals surface area contributed by atoms with Gasteiger partial charge in [0.25, 0.3) is 0 Å². The lowest BCUT2D eigenvalue weighted by molar-refractivity contribution is -0.136. The molecule has 3 N–H and O–H groups in total. The number of hydrogen-bond donors (Lipinski definition) is 3. The topological polar surface area (TPSA) is 78.4 Å². The number of carbonyl (C=O) groups excluding carboxylic acids is 2. The molecule has 5 nitrogen and oxygen atoms in total. The molecule has 1 rings (SSSR count). The Kier molecular flexibility index (Phi) is 5.06. The van der Waals surface area contributed by atoms with Gasteiger partial charge in [-0.05, 0) is 25.1 Å². The van der Waals surface area contributed by atoms with Gasteiger partial charge >= 0.3 is 11.8 Å². The SMILES string of the molecule is CC(CO)NC(=O)C(=O)Nc1ccc(F)cc1Cl. The third kappa shape index (κ3) is 3.97. The number of rotatable bonds is 3. The maximum absolute atomic E-state index is 12.8. The average molecular weight is 275 g/mol. The van der Waals surface area contributed by atoms with E-state index in [0.29, 0.717) is 0 Å². The standard InChI is InChI=1S/C11H12ClFN2O3/c1-6(5-16)14-10(17)11(18)15-9-3-2-7(13)4-8(9)12/h2-4,6,16H,5H2,1H3,(H,14,17)(H,15,18). The number of hydrogen-bond acceptors (Lipinski definition) is 3. The highest BCUT2D eigenvalue weighted by molar-refractivity contribution is 6.41. The fourth-order valence-corrected chi connectivity index (χ4v) is 1.32. The monoisotopic (exact) mass is 274 g/mol. The van der Waals surface area contributed by atoms with E-state index in [9.17, 15) is 14.0 Å². The fraction of sp³-hybridized carbons (Fsp3) is 0.273. The maximum atomic E-state index is 12.8. The van der Waals surface area contributed by atoms with E-state index >= 15 is 0 Å². The molecule has 7 heteroatoms. The highest BCUT2D eigenvalue weighted by Crippen LogP contribution is 2.22. The summed E-state index contributed by atoms with van der Waals surface area (Å²) in [5.41, 5.74) is 0.134. The predicted octanol–water partition coefficient (Wildman–Crippen LogP) is 0.915. The van der Waals surface area contributed by atoms with Crippen LogP contribution < -0.4 is 10.6 Å². The molecule has 0 radical (unpaired) electrons. The quantitative estimate of drug-likeness (QED) is 0.717. The summed E-state index contributed by atoms with van der Waals surface area (Å²) in [5.74, 6) is -2.39. The lowest BCUT2D eigenvalue weighted by Gasteiger charge is -2.11. The Morgan fingerprint density at radius 2 is 2.11 bits per heavy atom. The molecule has 1 aromatic carbocycles. The van der Waals surface area contributed by atoms with Gasteiger partial charge in [-0.15, -0.1) is 0 Å². The van der Waals surface area contributed by atoms with Crippen molar-refractivity contribution >= 4 is 29.1 Å². The molecule has 1 unspecified atom stereocenters. The molecule has 0 saturated heterocycles. The summed E-state index contributed by atoms with van der Waals surface area (Å²) in [6.07, 6.45) is 0. The van der Waals surface area contributed by atoms with Crippen LogP contribution in [0.2, 0.25) is 5.02 Å². The number of aliphatic hydroxyl groups excluding tert-OH is 1. The minimum atomic E-state index is -0.941. The Morgan fingerprint density at radius 3 is 2.67 bits per heavy atom. The number of carbonyl (C=O) groups is 2. The van der Waals surface area contributed by atoms with Gasteiger partial charge in [0.2, 0.25) is 0 Å². The van der Waals surface area contributed by atoms with Crippen molar-refractivity contribution in [2.75, 3.05) is 11.9 Å². The molecule has 1 aromatic rings. The minimum absolute atomic E-state index is 0.00800. The van der Waals surface area contributed by atoms with E-state index in [1.54, 1.807) is 0 Å². The first-order valence-electron chi connectivity index (χ1n) is 5.11. The Bertz CT molecular complexity index is 468. The third-order valence-corrected chi connectivity index (χ3v) is 2.35. The minimum Gasteiger partial charge on any atom is -0.394 e. The van der Waals surface area contributed by atoms with Crippen LogP contribution in [0.1, 0.15) is 6.92 Å². The van der Waals surface area contributed by atoms with Gasteiger partial charge in [-0.2, -0.15) is 0 Å². The molecule has 18 heavy (non-hydrogen) atoms. The second kappa shape index (κ2) is 6.32. The molecule has 0 aliphatic heterocycles. The van der Waals surface area contributed by atoms with Crippen LogP contribution in [0.25, 0.3) is 0 Å². The smallest absolute Gasteiger partial charge is 0.313 e. The van der Waals surface area contributed by atoms with E-state index in [-0.39, 0.29) is 17.3 Å². The molecule has 0 heterocycles. The summed E-state index contributed by atoms with van der Waals surface area (Å²) in [4.78, 5) is 22.8. The molecule has 0 aromatic heterocycles. The van der Waals surface area contributed by atoms with Gasteiger partial charge < -0.3 is 15.7 Å². The second-order valence-corrected chi connectivity index (χ2v) is 4.04. The Labute approximate surface area is 108 Å². The molecule has 0 aliphatic rings. The zero-order chi connectivity index (χ0) is 13.7. The first-order valence-corrected chi connectivity index (χ1v) is 5.49. The first kappa shape index (κ1) is 14.4. The summed E-state index contributed by atoms with van der Waals surface area (Å²) < 4.78 is 12.8. The number of amides is 2. The van der Waals surface area contributed by atoms with Crippen molar-refractivity contribution in [1.29, 1.82) is 0 Å². The summed E-state index contributed by atoms with van der Waals surface area (Å²) >= 11 is 5.68. The average Bonchev–Trinajstić information content (AvgIpc) is 2.32. The van der Waals surface area contributed by atoms with Gasteiger partial charge in [0.1, 0.15) is 5.82 Å². The van der Waals surface area contributed by atoms with Crippen LogP contribution in [0, 0.1) is 5.82 Å². The van der Waals surface area contributed by atoms with E-state index in [2.05, 4.69) is 10.6 Å². The van der Waals surface area contributed by atoms with Crippen molar-refractivity contribution in [3.05, 3.63) is 29.0 Å². The number of nitrogens with one attached hydrogen (secondary N) is 2. The van der Waals surface area contributed by atoms with Crippen molar-refractivity contribution in [3.8, 4) is 0 Å². The maximum Gasteiger partial charge on any atom is 0.313 e. The Balaban J connectivity index is 2.67. The zero-order valence-electron chi connectivity index (χ0n) is 9.54. The van der Waals surface area contributed by atoms with Gasteiger partial charge in [-0.25, -0.2) is 4.39 Å². The van der Waals surface area contributed by atoms with Gasteiger partial charge in [-0.3, -0.25) is 9.59 Å². The van der Waals surface area contributed by atoms with Crippen molar-refractivity contribution in [2.24, 2.45) is 0 Å². The van der Waals surface area contributed by atoms with E-state index < -0.39 is 23.7 Å². The van der Waals surface area contributed by atoms with Gasteiger partial charge in [0.05, 0.1) is 17.3 Å². The molecule has 0 aliphatic carbocycles. The largest absolute Gasteiger partial charge is 0.394 e. The zero-order valence-corrected chi connectivity index (χ0v) is 10.3. The van der Waals surface area contributed by atoms with Crippen LogP contribution in [0.15, 0.2) is 18.2 Å². The van der Waals surface area contributed by atoms with Crippen molar-refractivity contribution < 1.29 is 19.1 Å². The fourth-order valence-electron chi connectivity index (χ4n) is 1.10. The summed E-state index contributed by atoms with van der Waals surface area (Å²) in [5, 5.41) is 13.2. The van der Waals surface area contributed by atoms with Crippen LogP contribution in [-0.2, 0) is 9.59 Å². The highest BCUT2D eigenvalue weighted by Gasteiger charge is 2.16. The van der Waals surface area contributed by atoms with Crippen LogP contribution in [-0.4, -0.2) is 29.6 Å². The van der Waals surface area contributed by atoms with Crippen molar-refractivity contribution in [3.63, 3.8) is 0 Å². The Hall–Kier alpha value is -1.66. The third-order valence-electron chi connectivity index (χ3n) is 2.04. The number of aliphatic hydroxyl groups is 1. The molecular formula is C11H12ClFN2O3. The van der Waals surface area contributed by atoms with E-state index in [1.807, 2.05) is 0 Å². The van der Waals surface area contributed by atoms with Crippen LogP contribution in [0.5, 0.6) is 0 Å². The molecule has 0 bridgehead atoms. The van der Waals surface area contributed by atoms with Crippen LogP contribution >= 0.6 is 11.6 Å². The molecule has 0 saturated carbocycles. The molecule has 0 spiro atoms. The highest BCUT2D eigenvalue weighted by atomic mass is 35.5. The summed E-state index contributed by atoms with van der Waals surface area (Å²) in [7, 11) is 0. The van der Waals surface area contributed by atoms with E-state index in [0.717, 1.165) is 12.1 Å². The van der Waals surface area contributed by atoms with Crippen molar-refractivity contribution in [2.45, 2.75) is 13.0 Å². The van der Waals surface area contributed by atoms with E-state index in [4.69, 9.17) is 16.7 Å². The number of benzene rings is 1. The molecule has 0 fully saturated rings. The Morgan fingerprint density at radius 1 is 1.44 bits per heavy atom. The summed E-state index contributed by atoms with van der Waals surface area (Å²) in [6.45, 7) is 1.26. The summed E-state index contributed by atoms with van der Waals surface area (Å²) in [6, 6.07) is 2.84. The normalized spacial score (nSPS) is 11.8. The molecular weight excluding hydrogens is 263 g/mol. The molecule has 1 atom stereocenters. The first-order chi connectivity index (χ1) is 8.43. The lowest BCUT2D eigenvalue weighted by Crippen LogP contribution is -2.42. The lowest BCUT2D eigenvalue weighted by atomic mass is 10.3. The van der Waals surface area contributed by atoms with Gasteiger partial charge in [0.15, 0.2) is 0 Å². The predicted molar refractivity (Wildman–Crippen MR) is 64.7 cm³/mol. The van der Waals surface area contributed by atoms with E-state index in [1.165, 1.54) is 13.0 Å². The molecule has 2 amide bonds. The van der Waals surface area contributed by atoms with Crippen molar-refractivity contribution in [1.82, 2.24) is 5.32 Å². The van der Waals surface area contributed by atoms with Gasteiger partial charge in [-0.1, -0.05) is 11.6 Å². The molecule has 98 valence electrons. The van der Waals surface area contributed by atoms with Gasteiger partial charge in [0, 0.05) is 6.04 Å². The number of anilines is 1. The van der Waals surface area contributed by atoms with Crippen LogP contribution in [0.4, 0.5) is 10.1 Å². The van der Waals surface area contributed by atoms with Crippen LogP contribution in [0.3, 0.4) is 0 Å².